The zero-order chi connectivity index (χ0) is 13.6. The summed E-state index contributed by atoms with van der Waals surface area (Å²) in [4.78, 5) is 15.1. The predicted molar refractivity (Wildman–Crippen MR) is 78.4 cm³/mol. The molecule has 1 aromatic carbocycles. The molecule has 0 radical (unpaired) electrons. The van der Waals surface area contributed by atoms with Crippen molar-refractivity contribution in [2.45, 2.75) is 13.8 Å². The maximum Gasteiger partial charge on any atom is 0.274 e. The molecule has 0 aliphatic rings. The largest absolute Gasteiger partial charge is 0.357 e. The molecule has 3 rings (SSSR count). The second-order valence-electron chi connectivity index (χ2n) is 4.97. The molecule has 0 unspecified atom stereocenters. The van der Waals surface area contributed by atoms with E-state index in [1.807, 2.05) is 18.5 Å². The highest BCUT2D eigenvalue weighted by Gasteiger charge is 2.12. The first-order valence-electron chi connectivity index (χ1n) is 6.33. The molecule has 0 spiro atoms. The maximum absolute atomic E-state index is 12.1. The Morgan fingerprint density at radius 2 is 1.89 bits per heavy atom. The second-order valence-corrected chi connectivity index (χ2v) is 4.97. The van der Waals surface area contributed by atoms with Gasteiger partial charge in [-0.25, -0.2) is 0 Å². The summed E-state index contributed by atoms with van der Waals surface area (Å²) in [6, 6.07) is 8.23. The fourth-order valence-corrected chi connectivity index (χ4v) is 2.53. The van der Waals surface area contributed by atoms with Gasteiger partial charge in [-0.05, 0) is 36.6 Å². The van der Waals surface area contributed by atoms with Crippen LogP contribution in [0.2, 0.25) is 0 Å². The molecular formula is C16H16N2O. The quantitative estimate of drug-likeness (QED) is 0.709. The van der Waals surface area contributed by atoms with Crippen LogP contribution in [0, 0.1) is 13.8 Å². The molecule has 3 heteroatoms. The minimum atomic E-state index is 0.00839. The number of H-pyrrole nitrogens is 1. The second kappa shape index (κ2) is 4.12. The van der Waals surface area contributed by atoms with E-state index in [9.17, 15) is 4.79 Å². The molecule has 3 aromatic rings. The Kier molecular flexibility index (Phi) is 2.56. The number of aromatic amines is 1. The molecule has 96 valence electrons. The zero-order valence-electron chi connectivity index (χ0n) is 11.3. The van der Waals surface area contributed by atoms with Crippen molar-refractivity contribution < 1.29 is 0 Å². The monoisotopic (exact) mass is 252 g/mol. The van der Waals surface area contributed by atoms with Crippen molar-refractivity contribution in [3.8, 4) is 11.1 Å². The molecule has 3 nitrogen and oxygen atoms in total. The first-order chi connectivity index (χ1) is 9.09. The number of hydrogen-bond acceptors (Lipinski definition) is 1. The van der Waals surface area contributed by atoms with Crippen LogP contribution in [0.25, 0.3) is 22.0 Å². The smallest absolute Gasteiger partial charge is 0.274 e. The van der Waals surface area contributed by atoms with E-state index in [1.54, 1.807) is 11.6 Å². The van der Waals surface area contributed by atoms with Crippen LogP contribution < -0.4 is 5.56 Å². The SMILES string of the molecule is Cc1cccc(-c2cn(C)c(=O)c3[nH]ccc23)c1C. The van der Waals surface area contributed by atoms with Crippen LogP contribution in [0.1, 0.15) is 11.1 Å². The van der Waals surface area contributed by atoms with Crippen LogP contribution in [-0.2, 0) is 7.05 Å². The van der Waals surface area contributed by atoms with E-state index in [0.717, 1.165) is 10.9 Å². The highest BCUT2D eigenvalue weighted by atomic mass is 16.1. The molecular weight excluding hydrogens is 236 g/mol. The fraction of sp³-hybridized carbons (Fsp3) is 0.188. The highest BCUT2D eigenvalue weighted by Crippen LogP contribution is 2.30. The summed E-state index contributed by atoms with van der Waals surface area (Å²) in [7, 11) is 1.79. The number of fused-ring (bicyclic) bond motifs is 1. The van der Waals surface area contributed by atoms with Gasteiger partial charge in [0.2, 0.25) is 0 Å². The molecule has 0 bridgehead atoms. The van der Waals surface area contributed by atoms with Crippen molar-refractivity contribution in [2.24, 2.45) is 7.05 Å². The van der Waals surface area contributed by atoms with Gasteiger partial charge in [0.25, 0.3) is 5.56 Å². The third-order valence-electron chi connectivity index (χ3n) is 3.79. The molecule has 2 aromatic heterocycles. The Balaban J connectivity index is 2.43. The summed E-state index contributed by atoms with van der Waals surface area (Å²) < 4.78 is 1.63. The lowest BCUT2D eigenvalue weighted by molar-refractivity contribution is 0.872. The van der Waals surface area contributed by atoms with Gasteiger partial charge in [0.05, 0.1) is 0 Å². The number of pyridine rings is 1. The number of benzene rings is 1. The van der Waals surface area contributed by atoms with Crippen molar-refractivity contribution in [3.05, 3.63) is 58.1 Å². The van der Waals surface area contributed by atoms with E-state index < -0.39 is 0 Å². The summed E-state index contributed by atoms with van der Waals surface area (Å²) in [5.41, 5.74) is 5.47. The van der Waals surface area contributed by atoms with Crippen LogP contribution in [0.3, 0.4) is 0 Å². The van der Waals surface area contributed by atoms with E-state index in [-0.39, 0.29) is 5.56 Å². The van der Waals surface area contributed by atoms with E-state index in [2.05, 4.69) is 37.0 Å². The number of nitrogens with zero attached hydrogens (tertiary/aromatic N) is 1. The van der Waals surface area contributed by atoms with Gasteiger partial charge < -0.3 is 9.55 Å². The molecule has 0 aliphatic heterocycles. The standard InChI is InChI=1S/C16H16N2O/c1-10-5-4-6-12(11(10)2)14-9-18(3)16(19)15-13(14)7-8-17-15/h4-9,17H,1-3H3. The summed E-state index contributed by atoms with van der Waals surface area (Å²) in [5, 5.41) is 0.983. The topological polar surface area (TPSA) is 37.8 Å². The Labute approximate surface area is 111 Å². The molecule has 0 atom stereocenters. The van der Waals surface area contributed by atoms with E-state index in [1.165, 1.54) is 16.7 Å². The van der Waals surface area contributed by atoms with Crippen LogP contribution in [0.4, 0.5) is 0 Å². The molecule has 2 heterocycles. The van der Waals surface area contributed by atoms with Crippen molar-refractivity contribution in [1.82, 2.24) is 9.55 Å². The normalized spacial score (nSPS) is 11.1. The lowest BCUT2D eigenvalue weighted by atomic mass is 9.96. The number of aryl methyl sites for hydroxylation is 2. The van der Waals surface area contributed by atoms with Crippen LogP contribution in [-0.4, -0.2) is 9.55 Å². The summed E-state index contributed by atoms with van der Waals surface area (Å²) >= 11 is 0. The van der Waals surface area contributed by atoms with Gasteiger partial charge in [0.15, 0.2) is 0 Å². The average molecular weight is 252 g/mol. The Hall–Kier alpha value is -2.29. The third kappa shape index (κ3) is 1.70. The zero-order valence-corrected chi connectivity index (χ0v) is 11.3. The minimum absolute atomic E-state index is 0.00839. The third-order valence-corrected chi connectivity index (χ3v) is 3.79. The van der Waals surface area contributed by atoms with Gasteiger partial charge in [0.1, 0.15) is 5.52 Å². The predicted octanol–water partition coefficient (Wildman–Crippen LogP) is 3.15. The van der Waals surface area contributed by atoms with Gasteiger partial charge in [-0.2, -0.15) is 0 Å². The number of hydrogen-bond donors (Lipinski definition) is 1. The van der Waals surface area contributed by atoms with Crippen molar-refractivity contribution >= 4 is 10.9 Å². The number of rotatable bonds is 1. The van der Waals surface area contributed by atoms with E-state index in [4.69, 9.17) is 0 Å². The van der Waals surface area contributed by atoms with Crippen LogP contribution >= 0.6 is 0 Å². The van der Waals surface area contributed by atoms with Crippen LogP contribution in [0.15, 0.2) is 41.5 Å². The minimum Gasteiger partial charge on any atom is -0.357 e. The Morgan fingerprint density at radius 3 is 2.68 bits per heavy atom. The molecule has 0 fully saturated rings. The summed E-state index contributed by atoms with van der Waals surface area (Å²) in [5.74, 6) is 0. The molecule has 0 saturated heterocycles. The fourth-order valence-electron chi connectivity index (χ4n) is 2.53. The van der Waals surface area contributed by atoms with Crippen molar-refractivity contribution in [1.29, 1.82) is 0 Å². The highest BCUT2D eigenvalue weighted by molar-refractivity contribution is 5.95. The van der Waals surface area contributed by atoms with E-state index in [0.29, 0.717) is 5.52 Å². The molecule has 1 N–H and O–H groups in total. The van der Waals surface area contributed by atoms with Gasteiger partial charge in [-0.3, -0.25) is 4.79 Å². The van der Waals surface area contributed by atoms with Gasteiger partial charge in [0, 0.05) is 30.4 Å². The molecule has 19 heavy (non-hydrogen) atoms. The lowest BCUT2D eigenvalue weighted by Gasteiger charge is -2.11. The van der Waals surface area contributed by atoms with Crippen molar-refractivity contribution in [3.63, 3.8) is 0 Å². The first kappa shape index (κ1) is 11.8. The van der Waals surface area contributed by atoms with Gasteiger partial charge in [-0.15, -0.1) is 0 Å². The van der Waals surface area contributed by atoms with Crippen molar-refractivity contribution in [2.75, 3.05) is 0 Å². The molecule has 0 amide bonds. The molecule has 0 aliphatic carbocycles. The van der Waals surface area contributed by atoms with Gasteiger partial charge >= 0.3 is 0 Å². The Bertz CT molecular complexity index is 824. The maximum atomic E-state index is 12.1. The van der Waals surface area contributed by atoms with Crippen LogP contribution in [0.5, 0.6) is 0 Å². The Morgan fingerprint density at radius 1 is 1.11 bits per heavy atom. The van der Waals surface area contributed by atoms with E-state index >= 15 is 0 Å². The summed E-state index contributed by atoms with van der Waals surface area (Å²) in [6.45, 7) is 4.23. The molecule has 0 saturated carbocycles. The first-order valence-corrected chi connectivity index (χ1v) is 6.33. The summed E-state index contributed by atoms with van der Waals surface area (Å²) in [6.07, 6.45) is 3.74. The average Bonchev–Trinajstić information content (AvgIpc) is 2.87. The number of nitrogens with one attached hydrogen (secondary N) is 1. The lowest BCUT2D eigenvalue weighted by Crippen LogP contribution is -2.16. The number of aromatic nitrogens is 2. The van der Waals surface area contributed by atoms with Gasteiger partial charge in [-0.1, -0.05) is 18.2 Å².